The molecule has 1 aliphatic rings. The molecule has 0 aliphatic carbocycles. The van der Waals surface area contributed by atoms with Gasteiger partial charge in [0.05, 0.1) is 0 Å². The molecule has 1 saturated heterocycles. The molecule has 1 aromatic heterocycles. The monoisotopic (exact) mass is 263 g/mol. The van der Waals surface area contributed by atoms with E-state index in [1.54, 1.807) is 6.20 Å². The summed E-state index contributed by atoms with van der Waals surface area (Å²) in [6.45, 7) is 7.48. The van der Waals surface area contributed by atoms with E-state index in [0.29, 0.717) is 0 Å². The van der Waals surface area contributed by atoms with Gasteiger partial charge in [-0.05, 0) is 46.1 Å². The van der Waals surface area contributed by atoms with Crippen molar-refractivity contribution < 1.29 is 9.53 Å². The van der Waals surface area contributed by atoms with Gasteiger partial charge < -0.3 is 9.64 Å². The second-order valence-electron chi connectivity index (χ2n) is 5.79. The lowest BCUT2D eigenvalue weighted by atomic mass is 10.1. The summed E-state index contributed by atoms with van der Waals surface area (Å²) in [6, 6.07) is 1.85. The van der Waals surface area contributed by atoms with Crippen molar-refractivity contribution >= 4 is 11.8 Å². The second kappa shape index (κ2) is 5.55. The van der Waals surface area contributed by atoms with Gasteiger partial charge in [-0.1, -0.05) is 0 Å². The van der Waals surface area contributed by atoms with Crippen molar-refractivity contribution in [1.29, 1.82) is 0 Å². The summed E-state index contributed by atoms with van der Waals surface area (Å²) in [5.41, 5.74) is -0.526. The number of nitrogens with zero attached hydrogens (tertiary/aromatic N) is 3. The molecular formula is C14H21N3O2. The fourth-order valence-electron chi connectivity index (χ4n) is 2.07. The molecular weight excluding hydrogens is 242 g/mol. The molecule has 1 aliphatic heterocycles. The van der Waals surface area contributed by atoms with E-state index < -0.39 is 11.6 Å². The molecule has 5 nitrogen and oxygen atoms in total. The third kappa shape index (κ3) is 3.91. The van der Waals surface area contributed by atoms with Crippen LogP contribution >= 0.6 is 0 Å². The van der Waals surface area contributed by atoms with Gasteiger partial charge in [-0.25, -0.2) is 14.8 Å². The Kier molecular flexibility index (Phi) is 4.02. The Morgan fingerprint density at radius 3 is 2.58 bits per heavy atom. The first-order chi connectivity index (χ1) is 8.96. The lowest BCUT2D eigenvalue weighted by molar-refractivity contribution is 0.00556. The molecule has 104 valence electrons. The van der Waals surface area contributed by atoms with Crippen LogP contribution in [0, 0.1) is 0 Å². The van der Waals surface area contributed by atoms with Crippen LogP contribution in [0.15, 0.2) is 12.3 Å². The van der Waals surface area contributed by atoms with Crippen molar-refractivity contribution in [2.45, 2.75) is 45.6 Å². The molecule has 0 unspecified atom stereocenters. The molecule has 0 spiro atoms. The number of hydrogen-bond acceptors (Lipinski definition) is 5. The topological polar surface area (TPSA) is 55.3 Å². The lowest BCUT2D eigenvalue weighted by Gasteiger charge is -2.27. The molecule has 1 fully saturated rings. The molecule has 0 amide bonds. The summed E-state index contributed by atoms with van der Waals surface area (Å²) in [5.74, 6) is 0.486. The van der Waals surface area contributed by atoms with E-state index >= 15 is 0 Å². The van der Waals surface area contributed by atoms with Gasteiger partial charge >= 0.3 is 5.97 Å². The van der Waals surface area contributed by atoms with Crippen molar-refractivity contribution in [2.75, 3.05) is 18.0 Å². The maximum atomic E-state index is 11.9. The van der Waals surface area contributed by atoms with Gasteiger partial charge in [0.2, 0.25) is 5.82 Å². The van der Waals surface area contributed by atoms with Gasteiger partial charge in [-0.2, -0.15) is 0 Å². The third-order valence-corrected chi connectivity index (χ3v) is 2.90. The van der Waals surface area contributed by atoms with E-state index in [0.717, 1.165) is 18.9 Å². The van der Waals surface area contributed by atoms with Crippen molar-refractivity contribution in [3.8, 4) is 0 Å². The number of piperidine rings is 1. The van der Waals surface area contributed by atoms with E-state index in [1.807, 2.05) is 26.8 Å². The first-order valence-corrected chi connectivity index (χ1v) is 6.77. The van der Waals surface area contributed by atoms with Crippen molar-refractivity contribution in [2.24, 2.45) is 0 Å². The number of aromatic nitrogens is 2. The summed E-state index contributed by atoms with van der Waals surface area (Å²) < 4.78 is 5.28. The molecule has 0 bridgehead atoms. The molecule has 2 rings (SSSR count). The van der Waals surface area contributed by atoms with E-state index in [9.17, 15) is 4.79 Å². The Morgan fingerprint density at radius 2 is 1.95 bits per heavy atom. The Balaban J connectivity index is 2.12. The SMILES string of the molecule is CC(C)(C)OC(=O)c1nccc(N2CCCCC2)n1. The van der Waals surface area contributed by atoms with E-state index in [4.69, 9.17) is 4.74 Å². The van der Waals surface area contributed by atoms with Crippen LogP contribution in [-0.2, 0) is 4.74 Å². The van der Waals surface area contributed by atoms with Crippen LogP contribution in [0.4, 0.5) is 5.82 Å². The van der Waals surface area contributed by atoms with E-state index in [1.165, 1.54) is 19.3 Å². The predicted octanol–water partition coefficient (Wildman–Crippen LogP) is 2.42. The van der Waals surface area contributed by atoms with Gasteiger partial charge in [0.15, 0.2) is 0 Å². The van der Waals surface area contributed by atoms with Gasteiger partial charge in [0.25, 0.3) is 0 Å². The van der Waals surface area contributed by atoms with Gasteiger partial charge in [-0.15, -0.1) is 0 Å². The Morgan fingerprint density at radius 1 is 1.26 bits per heavy atom. The summed E-state index contributed by atoms with van der Waals surface area (Å²) in [4.78, 5) is 22.4. The van der Waals surface area contributed by atoms with E-state index in [2.05, 4.69) is 14.9 Å². The quantitative estimate of drug-likeness (QED) is 0.767. The average molecular weight is 263 g/mol. The minimum absolute atomic E-state index is 0.137. The highest BCUT2D eigenvalue weighted by molar-refractivity contribution is 5.85. The zero-order valence-electron chi connectivity index (χ0n) is 11.8. The smallest absolute Gasteiger partial charge is 0.376 e. The van der Waals surface area contributed by atoms with Crippen molar-refractivity contribution in [1.82, 2.24) is 9.97 Å². The normalized spacial score (nSPS) is 16.3. The fraction of sp³-hybridized carbons (Fsp3) is 0.643. The number of hydrogen-bond donors (Lipinski definition) is 0. The Bertz CT molecular complexity index is 448. The van der Waals surface area contributed by atoms with Crippen LogP contribution in [0.3, 0.4) is 0 Å². The fourth-order valence-corrected chi connectivity index (χ4v) is 2.07. The van der Waals surface area contributed by atoms with Crippen LogP contribution in [0.5, 0.6) is 0 Å². The summed E-state index contributed by atoms with van der Waals surface area (Å²) >= 11 is 0. The molecule has 1 aromatic rings. The maximum absolute atomic E-state index is 11.9. The average Bonchev–Trinajstić information content (AvgIpc) is 2.38. The highest BCUT2D eigenvalue weighted by Crippen LogP contribution is 2.17. The Labute approximate surface area is 114 Å². The number of ether oxygens (including phenoxy) is 1. The molecule has 2 heterocycles. The molecule has 0 atom stereocenters. The first-order valence-electron chi connectivity index (χ1n) is 6.77. The van der Waals surface area contributed by atoms with Gasteiger partial charge in [0.1, 0.15) is 11.4 Å². The maximum Gasteiger partial charge on any atom is 0.376 e. The molecule has 0 N–H and O–H groups in total. The third-order valence-electron chi connectivity index (χ3n) is 2.90. The van der Waals surface area contributed by atoms with Crippen molar-refractivity contribution in [3.63, 3.8) is 0 Å². The van der Waals surface area contributed by atoms with Crippen LogP contribution in [0.2, 0.25) is 0 Å². The van der Waals surface area contributed by atoms with Crippen molar-refractivity contribution in [3.05, 3.63) is 18.1 Å². The number of carbonyl (C=O) groups is 1. The first kappa shape index (κ1) is 13.8. The zero-order chi connectivity index (χ0) is 13.9. The molecule has 19 heavy (non-hydrogen) atoms. The highest BCUT2D eigenvalue weighted by Gasteiger charge is 2.21. The van der Waals surface area contributed by atoms with Crippen LogP contribution < -0.4 is 4.90 Å². The molecule has 5 heteroatoms. The van der Waals surface area contributed by atoms with E-state index in [-0.39, 0.29) is 5.82 Å². The van der Waals surface area contributed by atoms with Gasteiger partial charge in [-0.3, -0.25) is 0 Å². The predicted molar refractivity (Wildman–Crippen MR) is 73.3 cm³/mol. The largest absolute Gasteiger partial charge is 0.454 e. The second-order valence-corrected chi connectivity index (χ2v) is 5.79. The summed E-state index contributed by atoms with van der Waals surface area (Å²) in [7, 11) is 0. The summed E-state index contributed by atoms with van der Waals surface area (Å²) in [6.07, 6.45) is 5.23. The number of anilines is 1. The highest BCUT2D eigenvalue weighted by atomic mass is 16.6. The van der Waals surface area contributed by atoms with Crippen LogP contribution in [0.1, 0.15) is 50.7 Å². The zero-order valence-corrected chi connectivity index (χ0v) is 11.8. The molecule has 0 saturated carbocycles. The number of carbonyl (C=O) groups excluding carboxylic acids is 1. The molecule has 0 aromatic carbocycles. The van der Waals surface area contributed by atoms with Gasteiger partial charge in [0, 0.05) is 19.3 Å². The van der Waals surface area contributed by atoms with Crippen LogP contribution in [-0.4, -0.2) is 34.6 Å². The minimum Gasteiger partial charge on any atom is -0.454 e. The lowest BCUT2D eigenvalue weighted by Crippen LogP contribution is -2.31. The minimum atomic E-state index is -0.526. The number of esters is 1. The van der Waals surface area contributed by atoms with Crippen LogP contribution in [0.25, 0.3) is 0 Å². The summed E-state index contributed by atoms with van der Waals surface area (Å²) in [5, 5.41) is 0. The number of rotatable bonds is 2. The Hall–Kier alpha value is -1.65. The molecule has 0 radical (unpaired) electrons. The standard InChI is InChI=1S/C14H21N3O2/c1-14(2,3)19-13(18)12-15-8-7-11(16-12)17-9-5-4-6-10-17/h7-8H,4-6,9-10H2,1-3H3.